The highest BCUT2D eigenvalue weighted by atomic mass is 35.5. The zero-order valence-corrected chi connectivity index (χ0v) is 16.6. The van der Waals surface area contributed by atoms with Crippen molar-refractivity contribution in [2.75, 3.05) is 0 Å². The van der Waals surface area contributed by atoms with E-state index < -0.39 is 70.8 Å². The molecule has 0 spiro atoms. The predicted molar refractivity (Wildman–Crippen MR) is 66.3 cm³/mol. The second-order valence-corrected chi connectivity index (χ2v) is 7.21. The Kier molecular flexibility index (Phi) is 8.19. The van der Waals surface area contributed by atoms with Crippen LogP contribution in [0.1, 0.15) is 0 Å². The topological polar surface area (TPSA) is 0 Å². The molecular weight excluding hydrogens is 655 g/mol. The normalized spacial score (nSPS) is 17.2. The minimum Gasteiger partial charge on any atom is -0.192 e. The summed E-state index contributed by atoms with van der Waals surface area (Å²) in [6.07, 6.45) is -8.16. The van der Waals surface area contributed by atoms with Crippen molar-refractivity contribution in [3.05, 3.63) is 0 Å². The van der Waals surface area contributed by atoms with Crippen molar-refractivity contribution in [1.29, 1.82) is 0 Å². The summed E-state index contributed by atoms with van der Waals surface area (Å²) in [5.74, 6) is -91.5. The SMILES string of the molecule is FC(F)(F)C(F)(F)C(F)(F)C(F)(F)C(F)(F)C(F)(F)C(F)(F)C(F)(F)C(F)(F)C(F)(F)C(F)(F)C(F)(F)Cl. The monoisotopic (exact) mass is 654 g/mol. The van der Waals surface area contributed by atoms with Gasteiger partial charge in [0.2, 0.25) is 0 Å². The lowest BCUT2D eigenvalue weighted by Gasteiger charge is -2.45. The molecule has 38 heavy (non-hydrogen) atoms. The van der Waals surface area contributed by atoms with Gasteiger partial charge in [0, 0.05) is 0 Å². The van der Waals surface area contributed by atoms with E-state index in [-0.39, 0.29) is 0 Å². The highest BCUT2D eigenvalue weighted by molar-refractivity contribution is 6.22. The summed E-state index contributed by atoms with van der Waals surface area (Å²) < 4.78 is 323. The third kappa shape index (κ3) is 4.08. The molecule has 0 aliphatic carbocycles. The Morgan fingerprint density at radius 1 is 0.211 bits per heavy atom. The molecule has 0 saturated heterocycles. The van der Waals surface area contributed by atoms with Gasteiger partial charge in [-0.2, -0.15) is 110 Å². The van der Waals surface area contributed by atoms with Crippen molar-refractivity contribution in [3.8, 4) is 0 Å². The molecule has 230 valence electrons. The first-order chi connectivity index (χ1) is 15.8. The molecule has 0 radical (unpaired) electrons. The molecule has 0 nitrogen and oxygen atoms in total. The van der Waals surface area contributed by atoms with Gasteiger partial charge in [0.1, 0.15) is 0 Å². The largest absolute Gasteiger partial charge is 0.460 e. The zero-order valence-electron chi connectivity index (χ0n) is 15.8. The van der Waals surface area contributed by atoms with Gasteiger partial charge in [-0.1, -0.05) is 0 Å². The maximum atomic E-state index is 13.4. The van der Waals surface area contributed by atoms with Crippen LogP contribution in [0.25, 0.3) is 0 Å². The molecule has 0 aromatic rings. The summed E-state index contributed by atoms with van der Waals surface area (Å²) in [5, 5.41) is -7.21. The van der Waals surface area contributed by atoms with E-state index in [0.29, 0.717) is 0 Å². The van der Waals surface area contributed by atoms with Gasteiger partial charge in [-0.3, -0.25) is 0 Å². The fourth-order valence-electron chi connectivity index (χ4n) is 1.93. The van der Waals surface area contributed by atoms with E-state index in [1.165, 1.54) is 0 Å². The molecule has 0 heterocycles. The Bertz CT molecular complexity index is 798. The van der Waals surface area contributed by atoms with Gasteiger partial charge in [-0.25, -0.2) is 0 Å². The number of rotatable bonds is 10. The Morgan fingerprint density at radius 3 is 0.474 bits per heavy atom. The summed E-state index contributed by atoms with van der Waals surface area (Å²) in [6, 6.07) is 0. The summed E-state index contributed by atoms with van der Waals surface area (Å²) in [6.45, 7) is 0. The van der Waals surface area contributed by atoms with Gasteiger partial charge in [-0.05, 0) is 11.6 Å². The van der Waals surface area contributed by atoms with E-state index in [1.807, 2.05) is 0 Å². The van der Waals surface area contributed by atoms with Crippen LogP contribution in [0.4, 0.5) is 110 Å². The predicted octanol–water partition coefficient (Wildman–Crippen LogP) is 8.73. The van der Waals surface area contributed by atoms with Crippen LogP contribution in [-0.4, -0.2) is 70.8 Å². The van der Waals surface area contributed by atoms with Crippen LogP contribution in [0.5, 0.6) is 0 Å². The van der Waals surface area contributed by atoms with Crippen LogP contribution in [0, 0.1) is 0 Å². The van der Waals surface area contributed by atoms with Gasteiger partial charge in [-0.15, -0.1) is 0 Å². The standard InChI is InChI=1S/C12ClF25/c13-11(34,35)9(30,31)7(26,27)5(22,23)3(18,19)1(14,15)2(16,17)4(20,21)6(24,25)8(28,29)10(32,33)12(36,37)38. The van der Waals surface area contributed by atoms with Gasteiger partial charge < -0.3 is 0 Å². The lowest BCUT2D eigenvalue weighted by atomic mass is 9.85. The van der Waals surface area contributed by atoms with Crippen LogP contribution >= 0.6 is 11.6 Å². The summed E-state index contributed by atoms with van der Waals surface area (Å²) in [5.41, 5.74) is 0. The highest BCUT2D eigenvalue weighted by Crippen LogP contribution is 2.67. The molecule has 26 heteroatoms. The van der Waals surface area contributed by atoms with Crippen molar-refractivity contribution in [3.63, 3.8) is 0 Å². The molecule has 0 aromatic carbocycles. The first-order valence-electron chi connectivity index (χ1n) is 7.66. The first kappa shape index (κ1) is 36.5. The maximum absolute atomic E-state index is 13.4. The van der Waals surface area contributed by atoms with E-state index in [0.717, 1.165) is 0 Å². The average molecular weight is 655 g/mol. The molecule has 0 aromatic heterocycles. The molecule has 0 bridgehead atoms. The average Bonchev–Trinajstić information content (AvgIpc) is 2.64. The highest BCUT2D eigenvalue weighted by Gasteiger charge is 2.99. The molecular formula is C12ClF25. The fourth-order valence-corrected chi connectivity index (χ4v) is 2.05. The number of halogens is 26. The minimum atomic E-state index is -9.59. The van der Waals surface area contributed by atoms with Crippen LogP contribution in [-0.2, 0) is 0 Å². The van der Waals surface area contributed by atoms with E-state index >= 15 is 0 Å². The molecule has 0 atom stereocenters. The molecule has 0 unspecified atom stereocenters. The van der Waals surface area contributed by atoms with Crippen LogP contribution in [0.2, 0.25) is 0 Å². The summed E-state index contributed by atoms with van der Waals surface area (Å²) in [7, 11) is 0. The summed E-state index contributed by atoms with van der Waals surface area (Å²) in [4.78, 5) is 0. The minimum absolute atomic E-state index is 3.19. The smallest absolute Gasteiger partial charge is 0.192 e. The Hall–Kier alpha value is -1.46. The fraction of sp³-hybridized carbons (Fsp3) is 1.00. The Balaban J connectivity index is 7.29. The van der Waals surface area contributed by atoms with Crippen molar-refractivity contribution >= 4 is 11.6 Å². The van der Waals surface area contributed by atoms with Crippen LogP contribution < -0.4 is 0 Å². The van der Waals surface area contributed by atoms with Crippen LogP contribution in [0.15, 0.2) is 0 Å². The summed E-state index contributed by atoms with van der Waals surface area (Å²) >= 11 is 3.19. The Labute approximate surface area is 193 Å². The van der Waals surface area contributed by atoms with Crippen molar-refractivity contribution in [1.82, 2.24) is 0 Å². The molecule has 0 rings (SSSR count). The molecule has 0 N–H and O–H groups in total. The first-order valence-corrected chi connectivity index (χ1v) is 8.04. The van der Waals surface area contributed by atoms with Crippen LogP contribution in [0.3, 0.4) is 0 Å². The van der Waals surface area contributed by atoms with Gasteiger partial charge in [0.25, 0.3) is 0 Å². The quantitative estimate of drug-likeness (QED) is 0.163. The van der Waals surface area contributed by atoms with Gasteiger partial charge >= 0.3 is 70.8 Å². The molecule has 0 fully saturated rings. The van der Waals surface area contributed by atoms with E-state index in [2.05, 4.69) is 11.6 Å². The molecule has 0 aliphatic rings. The van der Waals surface area contributed by atoms with Crippen molar-refractivity contribution < 1.29 is 110 Å². The van der Waals surface area contributed by atoms with Crippen molar-refractivity contribution in [2.45, 2.75) is 70.8 Å². The Morgan fingerprint density at radius 2 is 0.342 bits per heavy atom. The maximum Gasteiger partial charge on any atom is 0.460 e. The van der Waals surface area contributed by atoms with E-state index in [1.54, 1.807) is 0 Å². The molecule has 0 saturated carbocycles. The van der Waals surface area contributed by atoms with Crippen molar-refractivity contribution in [2.24, 2.45) is 0 Å². The lowest BCUT2D eigenvalue weighted by molar-refractivity contribution is -0.480. The van der Waals surface area contributed by atoms with E-state index in [4.69, 9.17) is 0 Å². The molecule has 0 aliphatic heterocycles. The van der Waals surface area contributed by atoms with Gasteiger partial charge in [0.15, 0.2) is 0 Å². The second-order valence-electron chi connectivity index (χ2n) is 6.74. The second kappa shape index (κ2) is 8.52. The van der Waals surface area contributed by atoms with E-state index in [9.17, 15) is 110 Å². The number of alkyl halides is 26. The number of hydrogen-bond acceptors (Lipinski definition) is 0. The zero-order chi connectivity index (χ0) is 32.0. The number of hydrogen-bond donors (Lipinski definition) is 0. The lowest BCUT2D eigenvalue weighted by Crippen LogP contribution is -2.78. The third-order valence-corrected chi connectivity index (χ3v) is 4.50. The molecule has 0 amide bonds. The van der Waals surface area contributed by atoms with Gasteiger partial charge in [0.05, 0.1) is 0 Å². The third-order valence-electron chi connectivity index (χ3n) is 4.26.